The molecule has 2 atom stereocenters. The van der Waals surface area contributed by atoms with Gasteiger partial charge in [0.15, 0.2) is 0 Å². The van der Waals surface area contributed by atoms with Crippen molar-refractivity contribution in [3.05, 3.63) is 50.1 Å². The van der Waals surface area contributed by atoms with Gasteiger partial charge in [0.1, 0.15) is 0 Å². The van der Waals surface area contributed by atoms with Crippen molar-refractivity contribution in [3.8, 4) is 0 Å². The zero-order valence-corrected chi connectivity index (χ0v) is 13.8. The summed E-state index contributed by atoms with van der Waals surface area (Å²) in [5, 5.41) is 3.70. The second-order valence-electron chi connectivity index (χ2n) is 4.44. The van der Waals surface area contributed by atoms with Crippen LogP contribution in [0.2, 0.25) is 10.0 Å². The average molecular weight is 332 g/mol. The van der Waals surface area contributed by atoms with Crippen molar-refractivity contribution in [1.82, 2.24) is 0 Å². The van der Waals surface area contributed by atoms with Gasteiger partial charge < -0.3 is 5.73 Å². The molecule has 5 heteroatoms. The summed E-state index contributed by atoms with van der Waals surface area (Å²) in [4.78, 5) is 2.28. The lowest BCUT2D eigenvalue weighted by molar-refractivity contribution is 0.727. The van der Waals surface area contributed by atoms with Crippen LogP contribution in [0.3, 0.4) is 0 Å². The summed E-state index contributed by atoms with van der Waals surface area (Å²) >= 11 is 15.7. The van der Waals surface area contributed by atoms with Crippen LogP contribution in [0.25, 0.3) is 0 Å². The molecule has 1 nitrogen and oxygen atoms in total. The molecule has 0 aliphatic heterocycles. The molecule has 1 aromatic carbocycles. The van der Waals surface area contributed by atoms with E-state index in [-0.39, 0.29) is 11.3 Å². The number of nitrogens with two attached hydrogens (primary N) is 1. The number of benzene rings is 1. The Labute approximate surface area is 132 Å². The number of rotatable bonds is 4. The molecule has 0 saturated heterocycles. The van der Waals surface area contributed by atoms with Crippen LogP contribution in [0.4, 0.5) is 0 Å². The highest BCUT2D eigenvalue weighted by Gasteiger charge is 2.22. The van der Waals surface area contributed by atoms with E-state index in [1.165, 1.54) is 10.4 Å². The van der Waals surface area contributed by atoms with Crippen LogP contribution in [0, 0.1) is 6.92 Å². The summed E-state index contributed by atoms with van der Waals surface area (Å²) < 4.78 is 0. The molecule has 19 heavy (non-hydrogen) atoms. The van der Waals surface area contributed by atoms with Crippen LogP contribution in [0.15, 0.2) is 34.5 Å². The van der Waals surface area contributed by atoms with E-state index < -0.39 is 0 Å². The van der Waals surface area contributed by atoms with E-state index in [1.54, 1.807) is 29.2 Å². The first-order chi connectivity index (χ1) is 8.99. The third kappa shape index (κ3) is 3.67. The lowest BCUT2D eigenvalue weighted by Crippen LogP contribution is -2.22. The van der Waals surface area contributed by atoms with Crippen LogP contribution < -0.4 is 5.73 Å². The maximum atomic E-state index is 6.23. The Morgan fingerprint density at radius 2 is 2.00 bits per heavy atom. The standard InChI is InChI=1S/C14H15Cl2NS2/c1-8-5-6-18-13(8)14(9(2)17)19-12-7-10(15)3-4-11(12)16/h3-7,9,14H,17H2,1-2H3. The van der Waals surface area contributed by atoms with E-state index in [0.717, 1.165) is 4.90 Å². The number of thioether (sulfide) groups is 1. The van der Waals surface area contributed by atoms with Crippen molar-refractivity contribution in [2.45, 2.75) is 30.0 Å². The average Bonchev–Trinajstić information content (AvgIpc) is 2.76. The van der Waals surface area contributed by atoms with Gasteiger partial charge in [-0.3, -0.25) is 0 Å². The number of aryl methyl sites for hydroxylation is 1. The molecule has 0 fully saturated rings. The van der Waals surface area contributed by atoms with Crippen molar-refractivity contribution in [2.24, 2.45) is 5.73 Å². The van der Waals surface area contributed by atoms with Gasteiger partial charge in [0, 0.05) is 20.8 Å². The van der Waals surface area contributed by atoms with Crippen LogP contribution in [-0.2, 0) is 0 Å². The molecule has 0 aliphatic rings. The summed E-state index contributed by atoms with van der Waals surface area (Å²) in [6.45, 7) is 4.14. The van der Waals surface area contributed by atoms with E-state index >= 15 is 0 Å². The molecule has 1 aromatic heterocycles. The molecule has 0 bridgehead atoms. The van der Waals surface area contributed by atoms with Gasteiger partial charge >= 0.3 is 0 Å². The van der Waals surface area contributed by atoms with E-state index in [2.05, 4.69) is 18.4 Å². The molecular weight excluding hydrogens is 317 g/mol. The Bertz CT molecular complexity index is 566. The van der Waals surface area contributed by atoms with Crippen LogP contribution in [-0.4, -0.2) is 6.04 Å². The first-order valence-electron chi connectivity index (χ1n) is 5.90. The fourth-order valence-electron chi connectivity index (χ4n) is 1.78. The molecule has 0 amide bonds. The Hall–Kier alpha value is -0.190. The maximum Gasteiger partial charge on any atom is 0.0589 e. The third-order valence-electron chi connectivity index (χ3n) is 2.78. The second-order valence-corrected chi connectivity index (χ2v) is 7.41. The van der Waals surface area contributed by atoms with Crippen molar-refractivity contribution in [3.63, 3.8) is 0 Å². The zero-order valence-electron chi connectivity index (χ0n) is 10.7. The quantitative estimate of drug-likeness (QED) is 0.744. The molecule has 2 N–H and O–H groups in total. The summed E-state index contributed by atoms with van der Waals surface area (Å²) in [6.07, 6.45) is 0. The Balaban J connectivity index is 2.32. The number of thiophene rings is 1. The highest BCUT2D eigenvalue weighted by Crippen LogP contribution is 2.43. The predicted molar refractivity (Wildman–Crippen MR) is 87.8 cm³/mol. The van der Waals surface area contributed by atoms with E-state index in [4.69, 9.17) is 28.9 Å². The molecule has 2 aromatic rings. The van der Waals surface area contributed by atoms with Gasteiger partial charge in [-0.05, 0) is 49.1 Å². The minimum atomic E-state index is 0.0393. The topological polar surface area (TPSA) is 26.0 Å². The van der Waals surface area contributed by atoms with Crippen molar-refractivity contribution < 1.29 is 0 Å². The minimum Gasteiger partial charge on any atom is -0.327 e. The van der Waals surface area contributed by atoms with Gasteiger partial charge in [0.2, 0.25) is 0 Å². The van der Waals surface area contributed by atoms with Crippen LogP contribution in [0.1, 0.15) is 22.6 Å². The summed E-state index contributed by atoms with van der Waals surface area (Å²) in [7, 11) is 0. The first kappa shape index (κ1) is 15.2. The molecular formula is C14H15Cl2NS2. The highest BCUT2D eigenvalue weighted by molar-refractivity contribution is 7.99. The van der Waals surface area contributed by atoms with Gasteiger partial charge in [-0.2, -0.15) is 0 Å². The van der Waals surface area contributed by atoms with Crippen molar-refractivity contribution >= 4 is 46.3 Å². The summed E-state index contributed by atoms with van der Waals surface area (Å²) in [6, 6.07) is 7.68. The lowest BCUT2D eigenvalue weighted by Gasteiger charge is -2.21. The Morgan fingerprint density at radius 1 is 1.26 bits per heavy atom. The highest BCUT2D eigenvalue weighted by atomic mass is 35.5. The van der Waals surface area contributed by atoms with Gasteiger partial charge in [0.25, 0.3) is 0 Å². The van der Waals surface area contributed by atoms with Crippen molar-refractivity contribution in [1.29, 1.82) is 0 Å². The fourth-order valence-corrected chi connectivity index (χ4v) is 4.76. The van der Waals surface area contributed by atoms with Crippen LogP contribution >= 0.6 is 46.3 Å². The molecule has 0 radical (unpaired) electrons. The molecule has 2 unspecified atom stereocenters. The second kappa shape index (κ2) is 6.51. The molecule has 0 aliphatic carbocycles. The smallest absolute Gasteiger partial charge is 0.0589 e. The molecule has 102 valence electrons. The molecule has 0 spiro atoms. The van der Waals surface area contributed by atoms with Crippen LogP contribution in [0.5, 0.6) is 0 Å². The largest absolute Gasteiger partial charge is 0.327 e. The van der Waals surface area contributed by atoms with Crippen molar-refractivity contribution in [2.75, 3.05) is 0 Å². The number of halogens is 2. The van der Waals surface area contributed by atoms with E-state index in [1.807, 2.05) is 19.1 Å². The zero-order chi connectivity index (χ0) is 14.0. The van der Waals surface area contributed by atoms with Gasteiger partial charge in [-0.15, -0.1) is 23.1 Å². The Kier molecular flexibility index (Phi) is 5.21. The first-order valence-corrected chi connectivity index (χ1v) is 8.42. The summed E-state index contributed by atoms with van der Waals surface area (Å²) in [5.74, 6) is 0. The lowest BCUT2D eigenvalue weighted by atomic mass is 10.1. The summed E-state index contributed by atoms with van der Waals surface area (Å²) in [5.41, 5.74) is 7.42. The predicted octanol–water partition coefficient (Wildman–Crippen LogP) is 5.54. The van der Waals surface area contributed by atoms with Gasteiger partial charge in [-0.1, -0.05) is 23.2 Å². The van der Waals surface area contributed by atoms with E-state index in [9.17, 15) is 0 Å². The maximum absolute atomic E-state index is 6.23. The van der Waals surface area contributed by atoms with Gasteiger partial charge in [-0.25, -0.2) is 0 Å². The number of hydrogen-bond acceptors (Lipinski definition) is 3. The minimum absolute atomic E-state index is 0.0393. The Morgan fingerprint density at radius 3 is 2.58 bits per heavy atom. The SMILES string of the molecule is Cc1ccsc1C(Sc1cc(Cl)ccc1Cl)C(C)N. The van der Waals surface area contributed by atoms with Gasteiger partial charge in [0.05, 0.1) is 10.3 Å². The number of hydrogen-bond donors (Lipinski definition) is 1. The monoisotopic (exact) mass is 331 g/mol. The normalized spacial score (nSPS) is 14.4. The van der Waals surface area contributed by atoms with E-state index in [0.29, 0.717) is 10.0 Å². The third-order valence-corrected chi connectivity index (χ3v) is 6.22. The molecule has 0 saturated carbocycles. The fraction of sp³-hybridized carbons (Fsp3) is 0.286. The molecule has 2 rings (SSSR count). The molecule has 1 heterocycles.